The third kappa shape index (κ3) is 3.18. The maximum atomic E-state index is 12.4. The zero-order valence-electron chi connectivity index (χ0n) is 14.4. The van der Waals surface area contributed by atoms with Crippen LogP contribution in [0.4, 0.5) is 5.82 Å². The summed E-state index contributed by atoms with van der Waals surface area (Å²) < 4.78 is 6.35. The molecule has 1 amide bonds. The maximum absolute atomic E-state index is 12.4. The number of carbonyl (C=O) groups excluding carboxylic acids is 1. The van der Waals surface area contributed by atoms with E-state index in [2.05, 4.69) is 20.6 Å². The summed E-state index contributed by atoms with van der Waals surface area (Å²) in [7, 11) is 0. The highest BCUT2D eigenvalue weighted by atomic mass is 16.6. The van der Waals surface area contributed by atoms with E-state index in [0.717, 1.165) is 5.92 Å². The van der Waals surface area contributed by atoms with Gasteiger partial charge in [0.2, 0.25) is 0 Å². The molecule has 2 bridgehead atoms. The molecule has 4 rings (SSSR count). The second kappa shape index (κ2) is 6.50. The Morgan fingerprint density at radius 1 is 1.50 bits per heavy atom. The van der Waals surface area contributed by atoms with Crippen molar-refractivity contribution in [3.05, 3.63) is 34.1 Å². The molecule has 0 spiro atoms. The fourth-order valence-electron chi connectivity index (χ4n) is 4.37. The van der Waals surface area contributed by atoms with Crippen molar-refractivity contribution in [3.8, 4) is 0 Å². The SMILES string of the molecule is C[C@@H](NC(=O)c1nc(Cn2ccc([N+](=O)[O-])n2)no1)[C@H]1C[C@H]2CC[C@H]1C2. The first-order chi connectivity index (χ1) is 12.5. The van der Waals surface area contributed by atoms with Crippen molar-refractivity contribution in [2.45, 2.75) is 45.2 Å². The van der Waals surface area contributed by atoms with Crippen molar-refractivity contribution in [1.82, 2.24) is 25.2 Å². The van der Waals surface area contributed by atoms with Crippen molar-refractivity contribution >= 4 is 11.7 Å². The molecule has 0 aliphatic heterocycles. The van der Waals surface area contributed by atoms with E-state index >= 15 is 0 Å². The van der Waals surface area contributed by atoms with Gasteiger partial charge < -0.3 is 20.0 Å². The summed E-state index contributed by atoms with van der Waals surface area (Å²) in [5, 5.41) is 21.1. The molecule has 1 N–H and O–H groups in total. The molecule has 2 aliphatic carbocycles. The number of carbonyl (C=O) groups is 1. The Hall–Kier alpha value is -2.78. The quantitative estimate of drug-likeness (QED) is 0.614. The minimum Gasteiger partial charge on any atom is -0.358 e. The van der Waals surface area contributed by atoms with Gasteiger partial charge in [0.25, 0.3) is 0 Å². The Morgan fingerprint density at radius 3 is 3.00 bits per heavy atom. The smallest absolute Gasteiger partial charge is 0.358 e. The van der Waals surface area contributed by atoms with Crippen LogP contribution in [0.3, 0.4) is 0 Å². The second-order valence-electron chi connectivity index (χ2n) is 7.25. The molecule has 138 valence electrons. The van der Waals surface area contributed by atoms with E-state index in [1.54, 1.807) is 0 Å². The van der Waals surface area contributed by atoms with Crippen LogP contribution in [0.15, 0.2) is 16.8 Å². The summed E-state index contributed by atoms with van der Waals surface area (Å²) in [4.78, 5) is 26.5. The fraction of sp³-hybridized carbons (Fsp3) is 0.625. The van der Waals surface area contributed by atoms with Crippen molar-refractivity contribution in [1.29, 1.82) is 0 Å². The van der Waals surface area contributed by atoms with E-state index in [1.807, 2.05) is 6.92 Å². The summed E-state index contributed by atoms with van der Waals surface area (Å²) in [6, 6.07) is 1.35. The molecule has 0 aromatic carbocycles. The summed E-state index contributed by atoms with van der Waals surface area (Å²) in [5.41, 5.74) is 0. The average molecular weight is 360 g/mol. The second-order valence-corrected chi connectivity index (χ2v) is 7.25. The lowest BCUT2D eigenvalue weighted by Crippen LogP contribution is -2.40. The van der Waals surface area contributed by atoms with Crippen LogP contribution in [0, 0.1) is 27.9 Å². The lowest BCUT2D eigenvalue weighted by molar-refractivity contribution is -0.389. The van der Waals surface area contributed by atoms with Crippen molar-refractivity contribution < 1.29 is 14.2 Å². The molecular weight excluding hydrogens is 340 g/mol. The minimum atomic E-state index is -0.581. The highest BCUT2D eigenvalue weighted by Gasteiger charge is 2.42. The third-order valence-electron chi connectivity index (χ3n) is 5.57. The van der Waals surface area contributed by atoms with E-state index in [9.17, 15) is 14.9 Å². The summed E-state index contributed by atoms with van der Waals surface area (Å²) in [6.45, 7) is 2.12. The molecule has 10 nitrogen and oxygen atoms in total. The highest BCUT2D eigenvalue weighted by Crippen LogP contribution is 2.49. The van der Waals surface area contributed by atoms with Crippen LogP contribution in [0.25, 0.3) is 0 Å². The molecule has 0 saturated heterocycles. The third-order valence-corrected chi connectivity index (χ3v) is 5.57. The summed E-state index contributed by atoms with van der Waals surface area (Å²) in [6.07, 6.45) is 6.49. The van der Waals surface area contributed by atoms with E-state index in [0.29, 0.717) is 11.8 Å². The number of hydrogen-bond donors (Lipinski definition) is 1. The van der Waals surface area contributed by atoms with E-state index in [-0.39, 0.29) is 36.0 Å². The van der Waals surface area contributed by atoms with Crippen LogP contribution in [0.1, 0.15) is 49.1 Å². The Bertz CT molecular complexity index is 830. The van der Waals surface area contributed by atoms with Gasteiger partial charge in [-0.05, 0) is 48.9 Å². The zero-order valence-corrected chi connectivity index (χ0v) is 14.4. The number of nitrogens with zero attached hydrogens (tertiary/aromatic N) is 5. The Labute approximate surface area is 149 Å². The fourth-order valence-corrected chi connectivity index (χ4v) is 4.37. The molecule has 0 radical (unpaired) electrons. The number of nitro groups is 1. The van der Waals surface area contributed by atoms with Crippen LogP contribution in [0.5, 0.6) is 0 Å². The van der Waals surface area contributed by atoms with E-state index in [4.69, 9.17) is 4.52 Å². The molecule has 2 aromatic rings. The number of aromatic nitrogens is 4. The molecule has 0 unspecified atom stereocenters. The molecular formula is C16H20N6O4. The number of rotatable bonds is 6. The first kappa shape index (κ1) is 16.7. The predicted molar refractivity (Wildman–Crippen MR) is 88.1 cm³/mol. The van der Waals surface area contributed by atoms with Crippen LogP contribution in [-0.2, 0) is 6.54 Å². The van der Waals surface area contributed by atoms with Gasteiger partial charge in [-0.25, -0.2) is 0 Å². The molecule has 2 fully saturated rings. The van der Waals surface area contributed by atoms with Crippen molar-refractivity contribution in [2.24, 2.45) is 17.8 Å². The lowest BCUT2D eigenvalue weighted by atomic mass is 9.84. The van der Waals surface area contributed by atoms with E-state index in [1.165, 1.54) is 42.6 Å². The van der Waals surface area contributed by atoms with Gasteiger partial charge in [0.1, 0.15) is 6.54 Å². The van der Waals surface area contributed by atoms with Gasteiger partial charge in [-0.2, -0.15) is 9.67 Å². The van der Waals surface area contributed by atoms with Crippen molar-refractivity contribution in [3.63, 3.8) is 0 Å². The van der Waals surface area contributed by atoms with Gasteiger partial charge >= 0.3 is 17.6 Å². The molecule has 2 saturated carbocycles. The first-order valence-electron chi connectivity index (χ1n) is 8.81. The van der Waals surface area contributed by atoms with Gasteiger partial charge in [-0.15, -0.1) is 0 Å². The monoisotopic (exact) mass is 360 g/mol. The topological polar surface area (TPSA) is 129 Å². The maximum Gasteiger partial charge on any atom is 0.389 e. The largest absolute Gasteiger partial charge is 0.389 e. The number of fused-ring (bicyclic) bond motifs is 2. The standard InChI is InChI=1S/C16H20N6O4/c1-9(12-7-10-2-3-11(12)6-10)17-15(23)16-18-13(20-26-16)8-21-5-4-14(19-21)22(24)25/h4-5,9-12H,2-3,6-8H2,1H3,(H,17,23)/t9-,10+,11+,12-/m1/s1. The summed E-state index contributed by atoms with van der Waals surface area (Å²) in [5.74, 6) is 1.54. The van der Waals surface area contributed by atoms with Crippen molar-refractivity contribution in [2.75, 3.05) is 0 Å². The van der Waals surface area contributed by atoms with Gasteiger partial charge in [0, 0.05) is 6.04 Å². The average Bonchev–Trinajstić information content (AvgIpc) is 3.39. The van der Waals surface area contributed by atoms with Gasteiger partial charge in [0.05, 0.1) is 17.4 Å². The minimum absolute atomic E-state index is 0.0712. The van der Waals surface area contributed by atoms with Crippen LogP contribution >= 0.6 is 0 Å². The molecule has 2 heterocycles. The van der Waals surface area contributed by atoms with Crippen LogP contribution in [0.2, 0.25) is 0 Å². The Kier molecular flexibility index (Phi) is 4.17. The zero-order chi connectivity index (χ0) is 18.3. The molecule has 2 aliphatic rings. The molecule has 4 atom stereocenters. The molecule has 26 heavy (non-hydrogen) atoms. The molecule has 10 heteroatoms. The number of nitrogens with one attached hydrogen (secondary N) is 1. The van der Waals surface area contributed by atoms with Gasteiger partial charge in [-0.1, -0.05) is 11.6 Å². The van der Waals surface area contributed by atoms with Gasteiger partial charge in [0.15, 0.2) is 5.82 Å². The Balaban J connectivity index is 1.36. The number of amides is 1. The first-order valence-corrected chi connectivity index (χ1v) is 8.81. The Morgan fingerprint density at radius 2 is 2.35 bits per heavy atom. The van der Waals surface area contributed by atoms with Crippen LogP contribution < -0.4 is 5.32 Å². The lowest BCUT2D eigenvalue weighted by Gasteiger charge is -2.28. The summed E-state index contributed by atoms with van der Waals surface area (Å²) >= 11 is 0. The highest BCUT2D eigenvalue weighted by molar-refractivity contribution is 5.89. The van der Waals surface area contributed by atoms with Gasteiger partial charge in [-0.3, -0.25) is 4.79 Å². The van der Waals surface area contributed by atoms with Crippen LogP contribution in [-0.4, -0.2) is 36.8 Å². The predicted octanol–water partition coefficient (Wildman–Crippen LogP) is 1.78. The van der Waals surface area contributed by atoms with E-state index < -0.39 is 4.92 Å². The number of hydrogen-bond acceptors (Lipinski definition) is 7. The normalized spacial score (nSPS) is 25.3. The molecule has 2 aromatic heterocycles.